The van der Waals surface area contributed by atoms with Crippen molar-refractivity contribution in [3.8, 4) is 5.75 Å². The lowest BCUT2D eigenvalue weighted by Crippen LogP contribution is -2.02. The van der Waals surface area contributed by atoms with Crippen LogP contribution in [0, 0.1) is 5.82 Å². The van der Waals surface area contributed by atoms with Crippen LogP contribution in [0.3, 0.4) is 0 Å². The summed E-state index contributed by atoms with van der Waals surface area (Å²) in [7, 11) is 0. The van der Waals surface area contributed by atoms with Gasteiger partial charge in [0.1, 0.15) is 18.2 Å². The molecule has 0 atom stereocenters. The van der Waals surface area contributed by atoms with Crippen molar-refractivity contribution in [2.45, 2.75) is 13.5 Å². The lowest BCUT2D eigenvalue weighted by atomic mass is 10.1. The number of hydrogen-bond acceptors (Lipinski definition) is 4. The van der Waals surface area contributed by atoms with Crippen molar-refractivity contribution in [2.75, 3.05) is 0 Å². The Morgan fingerprint density at radius 3 is 2.75 bits per heavy atom. The summed E-state index contributed by atoms with van der Waals surface area (Å²) in [4.78, 5) is 16.2. The third-order valence-corrected chi connectivity index (χ3v) is 4.10. The summed E-state index contributed by atoms with van der Waals surface area (Å²) in [6.45, 7) is 1.83. The van der Waals surface area contributed by atoms with Crippen molar-refractivity contribution in [2.24, 2.45) is 5.16 Å². The highest BCUT2D eigenvalue weighted by Gasteiger charge is 2.21. The maximum Gasteiger partial charge on any atom is 0.367 e. The Hall–Kier alpha value is -2.47. The first-order chi connectivity index (χ1) is 11.5. The summed E-state index contributed by atoms with van der Waals surface area (Å²) in [5.74, 6) is -0.187. The minimum absolute atomic E-state index is 0.129. The van der Waals surface area contributed by atoms with E-state index in [4.69, 9.17) is 4.74 Å². The molecule has 2 aromatic carbocycles. The van der Waals surface area contributed by atoms with Crippen LogP contribution < -0.4 is 4.74 Å². The number of benzene rings is 2. The molecule has 3 rings (SSSR count). The Balaban J connectivity index is 1.76. The highest BCUT2D eigenvalue weighted by Crippen LogP contribution is 2.28. The van der Waals surface area contributed by atoms with E-state index in [1.807, 2.05) is 6.07 Å². The number of rotatable bonds is 4. The molecule has 0 N–H and O–H groups in total. The highest BCUT2D eigenvalue weighted by atomic mass is 79.9. The molecule has 0 fully saturated rings. The minimum atomic E-state index is -0.469. The van der Waals surface area contributed by atoms with Crippen LogP contribution in [-0.2, 0) is 16.2 Å². The van der Waals surface area contributed by atoms with Gasteiger partial charge in [-0.15, -0.1) is 0 Å². The summed E-state index contributed by atoms with van der Waals surface area (Å²) in [6, 6.07) is 11.8. The van der Waals surface area contributed by atoms with Gasteiger partial charge in [0.15, 0.2) is 0 Å². The summed E-state index contributed by atoms with van der Waals surface area (Å²) >= 11 is 3.42. The molecule has 1 heterocycles. The molecule has 0 saturated carbocycles. The number of halogens is 2. The summed E-state index contributed by atoms with van der Waals surface area (Å²) in [5.41, 5.74) is 2.23. The van der Waals surface area contributed by atoms with Gasteiger partial charge >= 0.3 is 5.97 Å². The fourth-order valence-electron chi connectivity index (χ4n) is 2.18. The Morgan fingerprint density at radius 1 is 1.29 bits per heavy atom. The average molecular weight is 390 g/mol. The topological polar surface area (TPSA) is 47.9 Å². The van der Waals surface area contributed by atoms with Crippen LogP contribution in [0.25, 0.3) is 6.08 Å². The molecule has 0 saturated heterocycles. The van der Waals surface area contributed by atoms with E-state index in [0.717, 1.165) is 5.56 Å². The van der Waals surface area contributed by atoms with Gasteiger partial charge in [-0.1, -0.05) is 29.4 Å². The van der Waals surface area contributed by atoms with E-state index >= 15 is 0 Å². The molecule has 6 heteroatoms. The van der Waals surface area contributed by atoms with Gasteiger partial charge in [-0.3, -0.25) is 0 Å². The number of carbonyl (C=O) groups is 1. The predicted octanol–water partition coefficient (Wildman–Crippen LogP) is 4.48. The molecule has 4 nitrogen and oxygen atoms in total. The fourth-order valence-corrected chi connectivity index (χ4v) is 2.69. The lowest BCUT2D eigenvalue weighted by molar-refractivity contribution is -0.136. The van der Waals surface area contributed by atoms with E-state index in [0.29, 0.717) is 27.1 Å². The lowest BCUT2D eigenvalue weighted by Gasteiger charge is -2.09. The highest BCUT2D eigenvalue weighted by molar-refractivity contribution is 9.10. The monoisotopic (exact) mass is 389 g/mol. The van der Waals surface area contributed by atoms with Crippen molar-refractivity contribution in [1.29, 1.82) is 0 Å². The first-order valence-electron chi connectivity index (χ1n) is 7.18. The summed E-state index contributed by atoms with van der Waals surface area (Å²) < 4.78 is 20.0. The van der Waals surface area contributed by atoms with E-state index in [-0.39, 0.29) is 12.4 Å². The van der Waals surface area contributed by atoms with Crippen molar-refractivity contribution in [3.05, 3.63) is 69.5 Å². The second-order valence-electron chi connectivity index (χ2n) is 5.18. The van der Waals surface area contributed by atoms with Gasteiger partial charge in [-0.25, -0.2) is 9.18 Å². The first kappa shape index (κ1) is 16.4. The molecule has 2 aromatic rings. The Labute approximate surface area is 146 Å². The molecule has 1 aliphatic rings. The van der Waals surface area contributed by atoms with Crippen LogP contribution in [0.1, 0.15) is 18.1 Å². The standard InChI is InChI=1S/C18H13BrFNO3/c1-11-14(18(22)24-21-11)8-12-6-7-17(15(19)9-12)23-10-13-4-2-3-5-16(13)20/h2-9H,10H2,1H3/b14-8+. The second kappa shape index (κ2) is 6.97. The number of oxime groups is 1. The molecule has 0 aromatic heterocycles. The molecule has 0 amide bonds. The quantitative estimate of drug-likeness (QED) is 0.571. The fraction of sp³-hybridized carbons (Fsp3) is 0.111. The van der Waals surface area contributed by atoms with Crippen LogP contribution in [0.15, 0.2) is 57.7 Å². The van der Waals surface area contributed by atoms with E-state index in [1.165, 1.54) is 6.07 Å². The average Bonchev–Trinajstić information content (AvgIpc) is 2.87. The third kappa shape index (κ3) is 3.54. The second-order valence-corrected chi connectivity index (χ2v) is 6.04. The van der Waals surface area contributed by atoms with Gasteiger partial charge in [-0.05, 0) is 52.7 Å². The van der Waals surface area contributed by atoms with Crippen LogP contribution in [-0.4, -0.2) is 11.7 Å². The van der Waals surface area contributed by atoms with Gasteiger partial charge in [-0.2, -0.15) is 0 Å². The number of carbonyl (C=O) groups excluding carboxylic acids is 1. The van der Waals surface area contributed by atoms with Crippen molar-refractivity contribution in [3.63, 3.8) is 0 Å². The number of ether oxygens (including phenoxy) is 1. The van der Waals surface area contributed by atoms with Gasteiger partial charge < -0.3 is 9.57 Å². The summed E-state index contributed by atoms with van der Waals surface area (Å²) in [6.07, 6.45) is 1.69. The molecule has 0 radical (unpaired) electrons. The first-order valence-corrected chi connectivity index (χ1v) is 7.97. The predicted molar refractivity (Wildman–Crippen MR) is 92.1 cm³/mol. The largest absolute Gasteiger partial charge is 0.488 e. The molecule has 1 aliphatic heterocycles. The van der Waals surface area contributed by atoms with Crippen molar-refractivity contribution in [1.82, 2.24) is 0 Å². The van der Waals surface area contributed by atoms with Crippen molar-refractivity contribution < 1.29 is 18.8 Å². The number of hydrogen-bond donors (Lipinski definition) is 0. The van der Waals surface area contributed by atoms with Crippen LogP contribution in [0.2, 0.25) is 0 Å². The summed E-state index contributed by atoms with van der Waals surface area (Å²) in [5, 5.41) is 3.63. The Morgan fingerprint density at radius 2 is 2.08 bits per heavy atom. The molecular weight excluding hydrogens is 377 g/mol. The molecule has 24 heavy (non-hydrogen) atoms. The van der Waals surface area contributed by atoms with E-state index in [9.17, 15) is 9.18 Å². The van der Waals surface area contributed by atoms with Gasteiger partial charge in [0.25, 0.3) is 0 Å². The maximum absolute atomic E-state index is 13.6. The Kier molecular flexibility index (Phi) is 4.76. The SMILES string of the molecule is CC1=NOC(=O)/C1=C/c1ccc(OCc2ccccc2F)c(Br)c1. The van der Waals surface area contributed by atoms with Gasteiger partial charge in [0, 0.05) is 5.56 Å². The van der Waals surface area contributed by atoms with Gasteiger partial charge in [0.2, 0.25) is 0 Å². The molecular formula is C18H13BrFNO3. The van der Waals surface area contributed by atoms with Gasteiger partial charge in [0.05, 0.1) is 15.8 Å². The zero-order chi connectivity index (χ0) is 17.1. The zero-order valence-corrected chi connectivity index (χ0v) is 14.3. The van der Waals surface area contributed by atoms with Crippen LogP contribution >= 0.6 is 15.9 Å². The van der Waals surface area contributed by atoms with Crippen LogP contribution in [0.5, 0.6) is 5.75 Å². The van der Waals surface area contributed by atoms with E-state index < -0.39 is 5.97 Å². The zero-order valence-electron chi connectivity index (χ0n) is 12.8. The normalized spacial score (nSPS) is 15.4. The maximum atomic E-state index is 13.6. The smallest absolute Gasteiger partial charge is 0.367 e. The Bertz CT molecular complexity index is 861. The van der Waals surface area contributed by atoms with E-state index in [2.05, 4.69) is 25.9 Å². The molecule has 122 valence electrons. The van der Waals surface area contributed by atoms with Crippen molar-refractivity contribution >= 4 is 33.7 Å². The van der Waals surface area contributed by atoms with E-state index in [1.54, 1.807) is 43.3 Å². The molecule has 0 unspecified atom stereocenters. The molecule has 0 aliphatic carbocycles. The molecule has 0 bridgehead atoms. The van der Waals surface area contributed by atoms with Crippen LogP contribution in [0.4, 0.5) is 4.39 Å². The minimum Gasteiger partial charge on any atom is -0.488 e. The third-order valence-electron chi connectivity index (χ3n) is 3.48. The number of nitrogens with zero attached hydrogens (tertiary/aromatic N) is 1. The molecule has 0 spiro atoms.